The lowest BCUT2D eigenvalue weighted by Gasteiger charge is -2.33. The molecule has 0 saturated carbocycles. The van der Waals surface area contributed by atoms with Crippen molar-refractivity contribution < 1.29 is 14.3 Å². The third kappa shape index (κ3) is 5.62. The van der Waals surface area contributed by atoms with Crippen molar-refractivity contribution in [2.24, 2.45) is 5.92 Å². The van der Waals surface area contributed by atoms with Crippen molar-refractivity contribution in [2.75, 3.05) is 25.4 Å². The van der Waals surface area contributed by atoms with E-state index in [2.05, 4.69) is 4.98 Å². The van der Waals surface area contributed by atoms with E-state index in [0.29, 0.717) is 24.1 Å². The lowest BCUT2D eigenvalue weighted by Crippen LogP contribution is -2.41. The van der Waals surface area contributed by atoms with Gasteiger partial charge in [-0.2, -0.15) is 0 Å². The molecule has 0 spiro atoms. The number of nitrogens with zero attached hydrogens (tertiary/aromatic N) is 2. The van der Waals surface area contributed by atoms with Crippen LogP contribution in [0.1, 0.15) is 40.0 Å². The predicted molar refractivity (Wildman–Crippen MR) is 89.3 cm³/mol. The van der Waals surface area contributed by atoms with E-state index in [1.165, 1.54) is 0 Å². The topological polar surface area (TPSA) is 77.7 Å². The average molecular weight is 321 g/mol. The van der Waals surface area contributed by atoms with Crippen LogP contribution in [0, 0.1) is 5.92 Å². The molecule has 6 heteroatoms. The summed E-state index contributed by atoms with van der Waals surface area (Å²) in [5.41, 5.74) is 5.92. The van der Waals surface area contributed by atoms with Crippen molar-refractivity contribution >= 4 is 11.8 Å². The van der Waals surface area contributed by atoms with Gasteiger partial charge in [0.2, 0.25) is 5.88 Å². The van der Waals surface area contributed by atoms with Gasteiger partial charge >= 0.3 is 6.09 Å². The Morgan fingerprint density at radius 3 is 2.70 bits per heavy atom. The fourth-order valence-electron chi connectivity index (χ4n) is 2.58. The second-order valence-electron chi connectivity index (χ2n) is 6.95. The molecule has 1 saturated heterocycles. The first-order valence-corrected chi connectivity index (χ1v) is 8.16. The van der Waals surface area contributed by atoms with Gasteiger partial charge in [0.15, 0.2) is 0 Å². The molecule has 128 valence electrons. The van der Waals surface area contributed by atoms with E-state index in [1.54, 1.807) is 23.2 Å². The molecule has 0 aliphatic carbocycles. The van der Waals surface area contributed by atoms with Crippen LogP contribution in [-0.4, -0.2) is 41.3 Å². The quantitative estimate of drug-likeness (QED) is 0.922. The van der Waals surface area contributed by atoms with Crippen LogP contribution >= 0.6 is 0 Å². The fraction of sp³-hybridized carbons (Fsp3) is 0.647. The van der Waals surface area contributed by atoms with E-state index in [9.17, 15) is 4.79 Å². The van der Waals surface area contributed by atoms with Crippen LogP contribution in [0.15, 0.2) is 18.3 Å². The van der Waals surface area contributed by atoms with Crippen molar-refractivity contribution in [3.8, 4) is 5.88 Å². The molecule has 2 N–H and O–H groups in total. The molecule has 1 aromatic heterocycles. The Morgan fingerprint density at radius 1 is 1.39 bits per heavy atom. The van der Waals surface area contributed by atoms with Crippen LogP contribution < -0.4 is 10.5 Å². The Labute approximate surface area is 138 Å². The number of nitrogens with two attached hydrogens (primary N) is 1. The van der Waals surface area contributed by atoms with Gasteiger partial charge in [-0.15, -0.1) is 0 Å². The molecule has 1 fully saturated rings. The lowest BCUT2D eigenvalue weighted by molar-refractivity contribution is 0.0177. The van der Waals surface area contributed by atoms with Crippen LogP contribution in [0.2, 0.25) is 0 Å². The smallest absolute Gasteiger partial charge is 0.410 e. The highest BCUT2D eigenvalue weighted by Crippen LogP contribution is 2.23. The molecule has 1 aliphatic rings. The molecule has 1 aliphatic heterocycles. The highest BCUT2D eigenvalue weighted by molar-refractivity contribution is 5.68. The molecule has 1 amide bonds. The van der Waals surface area contributed by atoms with Crippen LogP contribution in [0.4, 0.5) is 10.5 Å². The van der Waals surface area contributed by atoms with E-state index >= 15 is 0 Å². The van der Waals surface area contributed by atoms with Crippen LogP contribution in [0.3, 0.4) is 0 Å². The number of aromatic nitrogens is 1. The van der Waals surface area contributed by atoms with E-state index in [1.807, 2.05) is 20.8 Å². The van der Waals surface area contributed by atoms with Crippen LogP contribution in [-0.2, 0) is 4.74 Å². The number of hydrogen-bond donors (Lipinski definition) is 1. The molecule has 0 bridgehead atoms. The van der Waals surface area contributed by atoms with E-state index in [4.69, 9.17) is 15.2 Å². The van der Waals surface area contributed by atoms with Gasteiger partial charge in [0.1, 0.15) is 5.60 Å². The van der Waals surface area contributed by atoms with Crippen molar-refractivity contribution in [1.82, 2.24) is 9.88 Å². The standard InChI is InChI=1S/C17H27N3O3/c1-17(2,3)23-16(21)20-10-6-13(7-11-20)8-12-22-15-14(18)5-4-9-19-15/h4-5,9,13H,6-8,10-12,18H2,1-3H3. The molecule has 0 aromatic carbocycles. The molecule has 23 heavy (non-hydrogen) atoms. The highest BCUT2D eigenvalue weighted by Gasteiger charge is 2.26. The number of rotatable bonds is 4. The van der Waals surface area contributed by atoms with Crippen molar-refractivity contribution in [3.05, 3.63) is 18.3 Å². The number of ether oxygens (including phenoxy) is 2. The minimum atomic E-state index is -0.440. The minimum Gasteiger partial charge on any atom is -0.476 e. The average Bonchev–Trinajstić information content (AvgIpc) is 2.48. The van der Waals surface area contributed by atoms with Crippen LogP contribution in [0.25, 0.3) is 0 Å². The Morgan fingerprint density at radius 2 is 2.09 bits per heavy atom. The van der Waals surface area contributed by atoms with Gasteiger partial charge in [0, 0.05) is 19.3 Å². The molecule has 0 atom stereocenters. The number of piperidine rings is 1. The molecular formula is C17H27N3O3. The van der Waals surface area contributed by atoms with Crippen molar-refractivity contribution in [1.29, 1.82) is 0 Å². The predicted octanol–water partition coefficient (Wildman–Crippen LogP) is 3.08. The number of amides is 1. The summed E-state index contributed by atoms with van der Waals surface area (Å²) < 4.78 is 11.0. The molecule has 0 unspecified atom stereocenters. The first kappa shape index (κ1) is 17.4. The Balaban J connectivity index is 1.69. The van der Waals surface area contributed by atoms with Gasteiger partial charge in [-0.25, -0.2) is 9.78 Å². The molecule has 2 heterocycles. The zero-order chi connectivity index (χ0) is 16.9. The summed E-state index contributed by atoms with van der Waals surface area (Å²) in [7, 11) is 0. The summed E-state index contributed by atoms with van der Waals surface area (Å²) in [5.74, 6) is 1.05. The van der Waals surface area contributed by atoms with Crippen LogP contribution in [0.5, 0.6) is 5.88 Å². The van der Waals surface area contributed by atoms with Gasteiger partial charge < -0.3 is 20.1 Å². The van der Waals surface area contributed by atoms with Gasteiger partial charge in [0.05, 0.1) is 12.3 Å². The third-order valence-electron chi connectivity index (χ3n) is 3.83. The number of hydrogen-bond acceptors (Lipinski definition) is 5. The largest absolute Gasteiger partial charge is 0.476 e. The zero-order valence-corrected chi connectivity index (χ0v) is 14.2. The third-order valence-corrected chi connectivity index (χ3v) is 3.83. The number of anilines is 1. The van der Waals surface area contributed by atoms with Gasteiger partial charge in [-0.05, 0) is 58.1 Å². The van der Waals surface area contributed by atoms with Gasteiger partial charge in [0.25, 0.3) is 0 Å². The number of nitrogen functional groups attached to an aromatic ring is 1. The maximum absolute atomic E-state index is 12.0. The number of carbonyl (C=O) groups is 1. The monoisotopic (exact) mass is 321 g/mol. The van der Waals surface area contributed by atoms with Gasteiger partial charge in [-0.3, -0.25) is 0 Å². The number of carbonyl (C=O) groups excluding carboxylic acids is 1. The summed E-state index contributed by atoms with van der Waals surface area (Å²) in [6.07, 6.45) is 4.34. The minimum absolute atomic E-state index is 0.214. The van der Waals surface area contributed by atoms with E-state index in [0.717, 1.165) is 32.4 Å². The second-order valence-corrected chi connectivity index (χ2v) is 6.95. The Kier molecular flexibility index (Phi) is 5.69. The summed E-state index contributed by atoms with van der Waals surface area (Å²) in [6.45, 7) is 7.74. The summed E-state index contributed by atoms with van der Waals surface area (Å²) in [6, 6.07) is 3.57. The second kappa shape index (κ2) is 7.53. The van der Waals surface area contributed by atoms with E-state index < -0.39 is 5.60 Å². The Hall–Kier alpha value is -1.98. The van der Waals surface area contributed by atoms with Crippen molar-refractivity contribution in [2.45, 2.75) is 45.6 Å². The number of pyridine rings is 1. The molecule has 6 nitrogen and oxygen atoms in total. The van der Waals surface area contributed by atoms with Crippen molar-refractivity contribution in [3.63, 3.8) is 0 Å². The first-order valence-electron chi connectivity index (χ1n) is 8.16. The zero-order valence-electron chi connectivity index (χ0n) is 14.2. The fourth-order valence-corrected chi connectivity index (χ4v) is 2.58. The molecule has 1 aromatic rings. The van der Waals surface area contributed by atoms with Gasteiger partial charge in [-0.1, -0.05) is 0 Å². The SMILES string of the molecule is CC(C)(C)OC(=O)N1CCC(CCOc2ncccc2N)CC1. The normalized spacial score (nSPS) is 16.2. The summed E-state index contributed by atoms with van der Waals surface area (Å²) >= 11 is 0. The highest BCUT2D eigenvalue weighted by atomic mass is 16.6. The number of likely N-dealkylation sites (tertiary alicyclic amines) is 1. The molecular weight excluding hydrogens is 294 g/mol. The maximum Gasteiger partial charge on any atom is 0.410 e. The lowest BCUT2D eigenvalue weighted by atomic mass is 9.94. The summed E-state index contributed by atoms with van der Waals surface area (Å²) in [5, 5.41) is 0. The maximum atomic E-state index is 12.0. The summed E-state index contributed by atoms with van der Waals surface area (Å²) in [4.78, 5) is 17.9. The first-order chi connectivity index (χ1) is 10.8. The Bertz CT molecular complexity index is 520. The molecule has 2 rings (SSSR count). The van der Waals surface area contributed by atoms with E-state index in [-0.39, 0.29) is 6.09 Å². The molecule has 0 radical (unpaired) electrons.